The number of nitriles is 1. The Morgan fingerprint density at radius 3 is 2.64 bits per heavy atom. The standard InChI is InChI=1S/C12H16N2/c1-3-10-7-5-6-8-12(10)14-11(4-2)9-13/h5-8,11,14H,3-4H2,1-2H3. The highest BCUT2D eigenvalue weighted by atomic mass is 14.9. The normalized spacial score (nSPS) is 11.8. The first kappa shape index (κ1) is 10.6. The third kappa shape index (κ3) is 2.50. The summed E-state index contributed by atoms with van der Waals surface area (Å²) >= 11 is 0. The molecule has 0 aliphatic rings. The Labute approximate surface area is 85.6 Å². The van der Waals surface area contributed by atoms with Gasteiger partial charge < -0.3 is 5.32 Å². The van der Waals surface area contributed by atoms with Crippen LogP contribution in [0.5, 0.6) is 0 Å². The predicted molar refractivity (Wildman–Crippen MR) is 59.1 cm³/mol. The van der Waals surface area contributed by atoms with Gasteiger partial charge in [-0.2, -0.15) is 5.26 Å². The van der Waals surface area contributed by atoms with Crippen molar-refractivity contribution in [3.8, 4) is 6.07 Å². The zero-order valence-corrected chi connectivity index (χ0v) is 8.75. The molecule has 0 saturated carbocycles. The summed E-state index contributed by atoms with van der Waals surface area (Å²) in [6, 6.07) is 10.3. The first-order valence-corrected chi connectivity index (χ1v) is 5.05. The van der Waals surface area contributed by atoms with Crippen LogP contribution in [0.25, 0.3) is 0 Å². The maximum atomic E-state index is 8.84. The molecule has 0 spiro atoms. The molecule has 0 aliphatic carbocycles. The molecule has 1 aromatic carbocycles. The van der Waals surface area contributed by atoms with Crippen molar-refractivity contribution in [1.82, 2.24) is 0 Å². The molecule has 2 heteroatoms. The van der Waals surface area contributed by atoms with E-state index >= 15 is 0 Å². The molecule has 14 heavy (non-hydrogen) atoms. The van der Waals surface area contributed by atoms with Crippen molar-refractivity contribution in [3.63, 3.8) is 0 Å². The quantitative estimate of drug-likeness (QED) is 0.788. The van der Waals surface area contributed by atoms with Crippen LogP contribution >= 0.6 is 0 Å². The Bertz CT molecular complexity index is 325. The average molecular weight is 188 g/mol. The number of hydrogen-bond donors (Lipinski definition) is 1. The van der Waals surface area contributed by atoms with Crippen molar-refractivity contribution >= 4 is 5.69 Å². The molecule has 0 radical (unpaired) electrons. The topological polar surface area (TPSA) is 35.8 Å². The summed E-state index contributed by atoms with van der Waals surface area (Å²) in [5, 5.41) is 12.1. The van der Waals surface area contributed by atoms with Gasteiger partial charge in [0.25, 0.3) is 0 Å². The summed E-state index contributed by atoms with van der Waals surface area (Å²) in [4.78, 5) is 0. The lowest BCUT2D eigenvalue weighted by Gasteiger charge is -2.13. The predicted octanol–water partition coefficient (Wildman–Crippen LogP) is 2.96. The maximum Gasteiger partial charge on any atom is 0.114 e. The molecular weight excluding hydrogens is 172 g/mol. The van der Waals surface area contributed by atoms with Gasteiger partial charge in [-0.1, -0.05) is 32.0 Å². The van der Waals surface area contributed by atoms with Crippen molar-refractivity contribution in [2.24, 2.45) is 0 Å². The molecule has 0 aliphatic heterocycles. The van der Waals surface area contributed by atoms with Gasteiger partial charge >= 0.3 is 0 Å². The number of nitrogens with one attached hydrogen (secondary N) is 1. The summed E-state index contributed by atoms with van der Waals surface area (Å²) in [6.45, 7) is 4.13. The zero-order chi connectivity index (χ0) is 10.4. The van der Waals surface area contributed by atoms with E-state index < -0.39 is 0 Å². The second-order valence-electron chi connectivity index (χ2n) is 3.24. The van der Waals surface area contributed by atoms with E-state index in [1.807, 2.05) is 25.1 Å². The Morgan fingerprint density at radius 2 is 2.07 bits per heavy atom. The number of benzene rings is 1. The van der Waals surface area contributed by atoms with Gasteiger partial charge in [-0.05, 0) is 24.5 Å². The van der Waals surface area contributed by atoms with E-state index in [0.29, 0.717) is 0 Å². The van der Waals surface area contributed by atoms with Crippen molar-refractivity contribution in [3.05, 3.63) is 29.8 Å². The van der Waals surface area contributed by atoms with Crippen molar-refractivity contribution in [2.45, 2.75) is 32.7 Å². The first-order chi connectivity index (χ1) is 6.81. The molecule has 0 amide bonds. The molecule has 1 aromatic rings. The summed E-state index contributed by atoms with van der Waals surface area (Å²) < 4.78 is 0. The van der Waals surface area contributed by atoms with E-state index in [2.05, 4.69) is 24.4 Å². The molecule has 0 saturated heterocycles. The number of hydrogen-bond acceptors (Lipinski definition) is 2. The lowest BCUT2D eigenvalue weighted by atomic mass is 10.1. The largest absolute Gasteiger partial charge is 0.370 e. The van der Waals surface area contributed by atoms with Crippen LogP contribution in [-0.4, -0.2) is 6.04 Å². The van der Waals surface area contributed by atoms with Gasteiger partial charge in [0.15, 0.2) is 0 Å². The van der Waals surface area contributed by atoms with Gasteiger partial charge in [0.1, 0.15) is 6.04 Å². The summed E-state index contributed by atoms with van der Waals surface area (Å²) in [5.74, 6) is 0. The van der Waals surface area contributed by atoms with Gasteiger partial charge in [0, 0.05) is 5.69 Å². The van der Waals surface area contributed by atoms with Crippen LogP contribution in [0.4, 0.5) is 5.69 Å². The molecule has 0 bridgehead atoms. The number of anilines is 1. The molecule has 74 valence electrons. The fourth-order valence-corrected chi connectivity index (χ4v) is 1.38. The fourth-order valence-electron chi connectivity index (χ4n) is 1.38. The van der Waals surface area contributed by atoms with Gasteiger partial charge in [0.2, 0.25) is 0 Å². The third-order valence-electron chi connectivity index (χ3n) is 2.29. The van der Waals surface area contributed by atoms with Crippen LogP contribution in [0.15, 0.2) is 24.3 Å². The average Bonchev–Trinajstić information content (AvgIpc) is 2.26. The highest BCUT2D eigenvalue weighted by Crippen LogP contribution is 2.16. The molecule has 0 aromatic heterocycles. The summed E-state index contributed by atoms with van der Waals surface area (Å²) in [6.07, 6.45) is 1.82. The van der Waals surface area contributed by atoms with Crippen LogP contribution < -0.4 is 5.32 Å². The number of para-hydroxylation sites is 1. The Kier molecular flexibility index (Phi) is 4.00. The Morgan fingerprint density at radius 1 is 1.36 bits per heavy atom. The molecule has 1 N–H and O–H groups in total. The lowest BCUT2D eigenvalue weighted by Crippen LogP contribution is -2.16. The minimum absolute atomic E-state index is 0.0808. The van der Waals surface area contributed by atoms with Crippen LogP contribution in [0.2, 0.25) is 0 Å². The molecule has 1 rings (SSSR count). The van der Waals surface area contributed by atoms with Crippen molar-refractivity contribution in [1.29, 1.82) is 5.26 Å². The molecule has 1 unspecified atom stereocenters. The third-order valence-corrected chi connectivity index (χ3v) is 2.29. The molecular formula is C12H16N2. The van der Waals surface area contributed by atoms with Crippen molar-refractivity contribution < 1.29 is 0 Å². The van der Waals surface area contributed by atoms with Gasteiger partial charge in [-0.3, -0.25) is 0 Å². The molecule has 0 heterocycles. The first-order valence-electron chi connectivity index (χ1n) is 5.05. The van der Waals surface area contributed by atoms with Crippen molar-refractivity contribution in [2.75, 3.05) is 5.32 Å². The molecule has 2 nitrogen and oxygen atoms in total. The number of aryl methyl sites for hydroxylation is 1. The summed E-state index contributed by atoms with van der Waals surface area (Å²) in [7, 11) is 0. The smallest absolute Gasteiger partial charge is 0.114 e. The Hall–Kier alpha value is -1.49. The van der Waals surface area contributed by atoms with E-state index in [0.717, 1.165) is 18.5 Å². The molecule has 0 fully saturated rings. The SMILES string of the molecule is CCc1ccccc1NC(C#N)CC. The number of nitrogens with zero attached hydrogens (tertiary/aromatic N) is 1. The highest BCUT2D eigenvalue weighted by Gasteiger charge is 2.05. The number of rotatable bonds is 4. The lowest BCUT2D eigenvalue weighted by molar-refractivity contribution is 0.842. The monoisotopic (exact) mass is 188 g/mol. The van der Waals surface area contributed by atoms with Gasteiger partial charge in [0.05, 0.1) is 6.07 Å². The maximum absolute atomic E-state index is 8.84. The van der Waals surface area contributed by atoms with Crippen LogP contribution in [0.1, 0.15) is 25.8 Å². The Balaban J connectivity index is 2.80. The van der Waals surface area contributed by atoms with E-state index in [1.54, 1.807) is 0 Å². The van der Waals surface area contributed by atoms with Gasteiger partial charge in [-0.15, -0.1) is 0 Å². The highest BCUT2D eigenvalue weighted by molar-refractivity contribution is 5.52. The van der Waals surface area contributed by atoms with E-state index in [9.17, 15) is 0 Å². The minimum Gasteiger partial charge on any atom is -0.370 e. The van der Waals surface area contributed by atoms with Crippen LogP contribution in [0, 0.1) is 11.3 Å². The second-order valence-corrected chi connectivity index (χ2v) is 3.24. The van der Waals surface area contributed by atoms with Gasteiger partial charge in [-0.25, -0.2) is 0 Å². The second kappa shape index (κ2) is 5.29. The zero-order valence-electron chi connectivity index (χ0n) is 8.75. The fraction of sp³-hybridized carbons (Fsp3) is 0.417. The minimum atomic E-state index is -0.0808. The van der Waals surface area contributed by atoms with E-state index in [1.165, 1.54) is 5.56 Å². The van der Waals surface area contributed by atoms with Crippen LogP contribution in [-0.2, 0) is 6.42 Å². The van der Waals surface area contributed by atoms with E-state index in [4.69, 9.17) is 5.26 Å². The summed E-state index contributed by atoms with van der Waals surface area (Å²) in [5.41, 5.74) is 2.35. The molecule has 1 atom stereocenters. The van der Waals surface area contributed by atoms with E-state index in [-0.39, 0.29) is 6.04 Å². The van der Waals surface area contributed by atoms with Crippen LogP contribution in [0.3, 0.4) is 0 Å².